The number of piperidine rings is 1. The number of carbonyl (C=O) groups is 1. The predicted molar refractivity (Wildman–Crippen MR) is 145 cm³/mol. The van der Waals surface area contributed by atoms with E-state index in [-0.39, 0.29) is 30.9 Å². The maximum Gasteiger partial charge on any atom is 0.254 e. The average Bonchev–Trinajstić information content (AvgIpc) is 3.59. The fourth-order valence-electron chi connectivity index (χ4n) is 6.37. The summed E-state index contributed by atoms with van der Waals surface area (Å²) in [4.78, 5) is 14.8. The lowest BCUT2D eigenvalue weighted by molar-refractivity contribution is 0.0935. The molecule has 11 heteroatoms. The van der Waals surface area contributed by atoms with Crippen molar-refractivity contribution in [2.45, 2.75) is 38.1 Å². The van der Waals surface area contributed by atoms with Crippen LogP contribution < -0.4 is 15.5 Å². The molecule has 3 aliphatic rings. The Morgan fingerprint density at radius 2 is 1.82 bits per heavy atom. The second-order valence-electron chi connectivity index (χ2n) is 11.0. The highest BCUT2D eigenvalue weighted by Gasteiger charge is 2.33. The molecule has 0 spiro atoms. The highest BCUT2D eigenvalue weighted by atomic mass is 35.5. The quantitative estimate of drug-likeness (QED) is 0.389. The number of rotatable bonds is 5. The number of amides is 1. The summed E-state index contributed by atoms with van der Waals surface area (Å²) in [6.07, 6.45) is 6.80. The van der Waals surface area contributed by atoms with Gasteiger partial charge in [-0.2, -0.15) is 9.49 Å². The van der Waals surface area contributed by atoms with E-state index in [2.05, 4.69) is 44.6 Å². The summed E-state index contributed by atoms with van der Waals surface area (Å²) in [5.74, 6) is -5.31. The molecule has 3 aromatic rings. The molecule has 3 heterocycles. The molecule has 0 radical (unpaired) electrons. The summed E-state index contributed by atoms with van der Waals surface area (Å²) >= 11 is 0. The van der Waals surface area contributed by atoms with Gasteiger partial charge in [-0.3, -0.25) is 9.48 Å². The van der Waals surface area contributed by atoms with E-state index in [1.54, 1.807) is 0 Å². The first-order valence-corrected chi connectivity index (χ1v) is 13.5. The largest absolute Gasteiger partial charge is 0.503 e. The molecule has 1 aliphatic carbocycles. The summed E-state index contributed by atoms with van der Waals surface area (Å²) in [5, 5.41) is 21.3. The lowest BCUT2D eigenvalue weighted by Gasteiger charge is -2.36. The van der Waals surface area contributed by atoms with Crippen molar-refractivity contribution < 1.29 is 23.1 Å². The Morgan fingerprint density at radius 3 is 2.62 bits per heavy atom. The third-order valence-corrected chi connectivity index (χ3v) is 8.70. The van der Waals surface area contributed by atoms with Crippen molar-refractivity contribution >= 4 is 34.9 Å². The van der Waals surface area contributed by atoms with Crippen LogP contribution in [0.5, 0.6) is 5.75 Å². The van der Waals surface area contributed by atoms with Gasteiger partial charge in [0.1, 0.15) is 0 Å². The maximum atomic E-state index is 14.0. The standard InChI is InChI=1S/C28H32F3N5O2.ClH/c29-23-10-22(25(30)26(31)27(23)37)28(38)33-11-16-1-4-20(5-2-16)36-15-18-3-6-21(9-24(18)34-36)35-8-7-17-12-32-13-19(17)14-35;/h3,6,9-10,15-17,19-20,32,37H,1-2,4-5,7-8,11-14H2,(H,33,38);1H/t16?,17-,19-,20?;/m1./s1. The van der Waals surface area contributed by atoms with Crippen LogP contribution in [0.25, 0.3) is 10.9 Å². The minimum absolute atomic E-state index is 0. The highest BCUT2D eigenvalue weighted by Crippen LogP contribution is 2.34. The molecule has 3 N–H and O–H groups in total. The molecule has 2 atom stereocenters. The second-order valence-corrected chi connectivity index (χ2v) is 11.0. The predicted octanol–water partition coefficient (Wildman–Crippen LogP) is 4.79. The number of halogens is 4. The summed E-state index contributed by atoms with van der Waals surface area (Å²) < 4.78 is 43.2. The molecule has 3 fully saturated rings. The van der Waals surface area contributed by atoms with Gasteiger partial charge in [0.25, 0.3) is 5.91 Å². The van der Waals surface area contributed by atoms with E-state index in [4.69, 9.17) is 10.2 Å². The van der Waals surface area contributed by atoms with Crippen LogP contribution in [0.15, 0.2) is 30.5 Å². The van der Waals surface area contributed by atoms with Crippen LogP contribution in [-0.4, -0.2) is 53.5 Å². The van der Waals surface area contributed by atoms with E-state index in [1.807, 2.05) is 0 Å². The fourth-order valence-corrected chi connectivity index (χ4v) is 6.37. The van der Waals surface area contributed by atoms with Gasteiger partial charge in [-0.1, -0.05) is 0 Å². The third-order valence-electron chi connectivity index (χ3n) is 8.70. The van der Waals surface area contributed by atoms with E-state index in [1.165, 1.54) is 12.1 Å². The summed E-state index contributed by atoms with van der Waals surface area (Å²) in [5.41, 5.74) is 1.48. The molecule has 1 saturated carbocycles. The summed E-state index contributed by atoms with van der Waals surface area (Å²) in [6, 6.07) is 7.33. The Bertz CT molecular complexity index is 1360. The van der Waals surface area contributed by atoms with Gasteiger partial charge in [0.05, 0.1) is 17.1 Å². The lowest BCUT2D eigenvalue weighted by atomic mass is 9.86. The molecule has 2 saturated heterocycles. The minimum atomic E-state index is -1.76. The molecule has 2 aromatic carbocycles. The zero-order chi connectivity index (χ0) is 26.4. The average molecular weight is 564 g/mol. The first-order chi connectivity index (χ1) is 18.4. The number of anilines is 1. The van der Waals surface area contributed by atoms with E-state index >= 15 is 0 Å². The topological polar surface area (TPSA) is 82.4 Å². The van der Waals surface area contributed by atoms with E-state index in [9.17, 15) is 18.0 Å². The van der Waals surface area contributed by atoms with Crippen molar-refractivity contribution in [1.82, 2.24) is 20.4 Å². The van der Waals surface area contributed by atoms with Gasteiger partial charge in [0.2, 0.25) is 5.82 Å². The number of hydrogen-bond donors (Lipinski definition) is 3. The Morgan fingerprint density at radius 1 is 1.05 bits per heavy atom. The molecule has 210 valence electrons. The summed E-state index contributed by atoms with van der Waals surface area (Å²) in [6.45, 7) is 4.71. The van der Waals surface area contributed by atoms with Gasteiger partial charge < -0.3 is 20.6 Å². The molecule has 6 rings (SSSR count). The molecule has 1 aromatic heterocycles. The zero-order valence-corrected chi connectivity index (χ0v) is 22.3. The van der Waals surface area contributed by atoms with Crippen LogP contribution in [0.4, 0.5) is 18.9 Å². The van der Waals surface area contributed by atoms with Crippen molar-refractivity contribution in [3.63, 3.8) is 0 Å². The number of hydrogen-bond acceptors (Lipinski definition) is 5. The molecular weight excluding hydrogens is 531 g/mol. The molecule has 0 unspecified atom stereocenters. The normalized spacial score (nSPS) is 24.8. The minimum Gasteiger partial charge on any atom is -0.503 e. The Kier molecular flexibility index (Phi) is 7.96. The smallest absolute Gasteiger partial charge is 0.254 e. The first-order valence-electron chi connectivity index (χ1n) is 13.5. The Labute approximate surface area is 231 Å². The van der Waals surface area contributed by atoms with Crippen molar-refractivity contribution in [3.8, 4) is 5.75 Å². The molecule has 1 amide bonds. The highest BCUT2D eigenvalue weighted by molar-refractivity contribution is 5.94. The zero-order valence-electron chi connectivity index (χ0n) is 21.5. The first kappa shape index (κ1) is 27.6. The van der Waals surface area contributed by atoms with E-state index < -0.39 is 34.7 Å². The Hall–Kier alpha value is -2.98. The van der Waals surface area contributed by atoms with E-state index in [0.717, 1.165) is 74.6 Å². The van der Waals surface area contributed by atoms with Crippen LogP contribution >= 0.6 is 12.4 Å². The summed E-state index contributed by atoms with van der Waals surface area (Å²) in [7, 11) is 0. The molecule has 39 heavy (non-hydrogen) atoms. The van der Waals surface area contributed by atoms with Crippen LogP contribution in [0.3, 0.4) is 0 Å². The number of phenols is 1. The Balaban J connectivity index is 0.00000308. The number of nitrogens with zero attached hydrogens (tertiary/aromatic N) is 3. The van der Waals surface area contributed by atoms with Gasteiger partial charge in [-0.15, -0.1) is 12.4 Å². The third kappa shape index (κ3) is 5.41. The monoisotopic (exact) mass is 563 g/mol. The number of aromatic hydroxyl groups is 1. The maximum absolute atomic E-state index is 14.0. The van der Waals surface area contributed by atoms with Crippen molar-refractivity contribution in [2.75, 3.05) is 37.6 Å². The van der Waals surface area contributed by atoms with Gasteiger partial charge in [0.15, 0.2) is 17.4 Å². The number of nitrogens with one attached hydrogen (secondary N) is 2. The lowest BCUT2D eigenvalue weighted by Crippen LogP contribution is -2.39. The van der Waals surface area contributed by atoms with Crippen molar-refractivity contribution in [3.05, 3.63) is 53.5 Å². The fraction of sp³-hybridized carbons (Fsp3) is 0.500. The van der Waals surface area contributed by atoms with Crippen LogP contribution in [0.2, 0.25) is 0 Å². The van der Waals surface area contributed by atoms with E-state index in [0.29, 0.717) is 6.07 Å². The SMILES string of the molecule is Cl.O=C(NCC1CCC(n2cc3ccc(N4CC[C@@H]5CNC[C@@H]5C4)cc3n2)CC1)c1cc(F)c(O)c(F)c1F. The van der Waals surface area contributed by atoms with Crippen LogP contribution in [0.1, 0.15) is 48.5 Å². The van der Waals surface area contributed by atoms with Crippen LogP contribution in [0, 0.1) is 35.2 Å². The van der Waals surface area contributed by atoms with Gasteiger partial charge in [0, 0.05) is 36.9 Å². The number of fused-ring (bicyclic) bond motifs is 2. The molecule has 2 aliphatic heterocycles. The van der Waals surface area contributed by atoms with Gasteiger partial charge >= 0.3 is 0 Å². The van der Waals surface area contributed by atoms with Crippen molar-refractivity contribution in [2.24, 2.45) is 17.8 Å². The number of benzene rings is 2. The van der Waals surface area contributed by atoms with Crippen LogP contribution in [-0.2, 0) is 0 Å². The number of phenolic OH excluding ortho intramolecular Hbond substituents is 1. The second kappa shape index (κ2) is 11.3. The molecule has 0 bridgehead atoms. The number of carbonyl (C=O) groups excluding carboxylic acids is 1. The van der Waals surface area contributed by atoms with Gasteiger partial charge in [-0.25, -0.2) is 8.78 Å². The number of aromatic nitrogens is 2. The van der Waals surface area contributed by atoms with Crippen molar-refractivity contribution in [1.29, 1.82) is 0 Å². The molecule has 7 nitrogen and oxygen atoms in total. The van der Waals surface area contributed by atoms with Gasteiger partial charge in [-0.05, 0) is 87.2 Å². The molecular formula is C28H33ClF3N5O2.